The standard InChI is InChI=1S/C18H26N6OS/c1-12-13(2)26-17(21-12)22-16(25)18(3)7-6-8-24(10-18)15-9-14(23(4)5)19-11-20-15/h9,11H,6-8,10H2,1-5H3,(H,21,22,25)/t18-/m1/s1. The minimum Gasteiger partial charge on any atom is -0.363 e. The normalized spacial score (nSPS) is 20.1. The zero-order chi connectivity index (χ0) is 18.9. The topological polar surface area (TPSA) is 74.2 Å². The van der Waals surface area contributed by atoms with Crippen LogP contribution in [0.1, 0.15) is 30.3 Å². The Kier molecular flexibility index (Phi) is 5.13. The smallest absolute Gasteiger partial charge is 0.233 e. The summed E-state index contributed by atoms with van der Waals surface area (Å²) in [5, 5.41) is 3.70. The van der Waals surface area contributed by atoms with Gasteiger partial charge in [-0.25, -0.2) is 15.0 Å². The first-order chi connectivity index (χ1) is 12.3. The number of amides is 1. The third-order valence-corrected chi connectivity index (χ3v) is 5.90. The van der Waals surface area contributed by atoms with Gasteiger partial charge >= 0.3 is 0 Å². The lowest BCUT2D eigenvalue weighted by Crippen LogP contribution is -2.48. The van der Waals surface area contributed by atoms with Gasteiger partial charge in [-0.15, -0.1) is 11.3 Å². The Morgan fingerprint density at radius 1 is 1.35 bits per heavy atom. The summed E-state index contributed by atoms with van der Waals surface area (Å²) in [5.41, 5.74) is 0.493. The number of nitrogens with zero attached hydrogens (tertiary/aromatic N) is 5. The molecule has 1 fully saturated rings. The summed E-state index contributed by atoms with van der Waals surface area (Å²) >= 11 is 1.52. The van der Waals surface area contributed by atoms with Gasteiger partial charge in [-0.2, -0.15) is 0 Å². The van der Waals surface area contributed by atoms with Crippen LogP contribution in [0, 0.1) is 19.3 Å². The van der Waals surface area contributed by atoms with Gasteiger partial charge < -0.3 is 15.1 Å². The van der Waals surface area contributed by atoms with Crippen molar-refractivity contribution in [2.24, 2.45) is 5.41 Å². The van der Waals surface area contributed by atoms with Crippen molar-refractivity contribution in [1.29, 1.82) is 0 Å². The fraction of sp³-hybridized carbons (Fsp3) is 0.556. The van der Waals surface area contributed by atoms with Crippen molar-refractivity contribution in [3.8, 4) is 0 Å². The Labute approximate surface area is 158 Å². The van der Waals surface area contributed by atoms with Crippen LogP contribution < -0.4 is 15.1 Å². The Hall–Kier alpha value is -2.22. The van der Waals surface area contributed by atoms with Gasteiger partial charge in [0, 0.05) is 38.1 Å². The number of rotatable bonds is 4. The highest BCUT2D eigenvalue weighted by Crippen LogP contribution is 2.34. The van der Waals surface area contributed by atoms with Crippen molar-refractivity contribution in [3.63, 3.8) is 0 Å². The second kappa shape index (κ2) is 7.19. The third-order valence-electron chi connectivity index (χ3n) is 4.91. The maximum atomic E-state index is 12.9. The van der Waals surface area contributed by atoms with Crippen molar-refractivity contribution in [3.05, 3.63) is 23.0 Å². The van der Waals surface area contributed by atoms with Crippen LogP contribution in [0.4, 0.5) is 16.8 Å². The monoisotopic (exact) mass is 374 g/mol. The summed E-state index contributed by atoms with van der Waals surface area (Å²) < 4.78 is 0. The molecule has 0 radical (unpaired) electrons. The number of hydrogen-bond donors (Lipinski definition) is 1. The highest BCUT2D eigenvalue weighted by molar-refractivity contribution is 7.15. The number of nitrogens with one attached hydrogen (secondary N) is 1. The van der Waals surface area contributed by atoms with Gasteiger partial charge in [0.1, 0.15) is 18.0 Å². The van der Waals surface area contributed by atoms with E-state index in [1.165, 1.54) is 11.3 Å². The number of piperidine rings is 1. The van der Waals surface area contributed by atoms with Crippen LogP contribution in [0.2, 0.25) is 0 Å². The number of anilines is 3. The quantitative estimate of drug-likeness (QED) is 0.887. The van der Waals surface area contributed by atoms with Crippen molar-refractivity contribution >= 4 is 34.0 Å². The lowest BCUT2D eigenvalue weighted by Gasteiger charge is -2.39. The maximum Gasteiger partial charge on any atom is 0.233 e. The van der Waals surface area contributed by atoms with E-state index in [1.807, 2.05) is 45.8 Å². The summed E-state index contributed by atoms with van der Waals surface area (Å²) in [6, 6.07) is 1.97. The highest BCUT2D eigenvalue weighted by atomic mass is 32.1. The van der Waals surface area contributed by atoms with Gasteiger partial charge in [0.2, 0.25) is 5.91 Å². The molecule has 2 aromatic rings. The molecule has 1 atom stereocenters. The Morgan fingerprint density at radius 2 is 2.12 bits per heavy atom. The number of hydrogen-bond acceptors (Lipinski definition) is 7. The fourth-order valence-electron chi connectivity index (χ4n) is 3.15. The molecular formula is C18H26N6OS. The molecule has 7 nitrogen and oxygen atoms in total. The number of aromatic nitrogens is 3. The lowest BCUT2D eigenvalue weighted by atomic mass is 9.81. The molecule has 140 valence electrons. The van der Waals surface area contributed by atoms with E-state index in [0.29, 0.717) is 11.7 Å². The molecule has 8 heteroatoms. The fourth-order valence-corrected chi connectivity index (χ4v) is 3.96. The molecule has 0 bridgehead atoms. The molecule has 0 unspecified atom stereocenters. The third kappa shape index (κ3) is 3.80. The number of thiazole rings is 1. The molecule has 26 heavy (non-hydrogen) atoms. The van der Waals surface area contributed by atoms with Gasteiger partial charge in [0.25, 0.3) is 0 Å². The van der Waals surface area contributed by atoms with Crippen LogP contribution in [0.5, 0.6) is 0 Å². The largest absolute Gasteiger partial charge is 0.363 e. The van der Waals surface area contributed by atoms with Crippen LogP contribution in [0.25, 0.3) is 0 Å². The summed E-state index contributed by atoms with van der Waals surface area (Å²) in [4.78, 5) is 31.3. The number of carbonyl (C=O) groups excluding carboxylic acids is 1. The zero-order valence-corrected chi connectivity index (χ0v) is 16.9. The Morgan fingerprint density at radius 3 is 2.77 bits per heavy atom. The van der Waals surface area contributed by atoms with Crippen LogP contribution in [0.3, 0.4) is 0 Å². The molecule has 1 aliphatic rings. The summed E-state index contributed by atoms with van der Waals surface area (Å²) in [6.45, 7) is 7.53. The molecule has 2 aromatic heterocycles. The van der Waals surface area contributed by atoms with Gasteiger partial charge in [-0.05, 0) is 33.6 Å². The van der Waals surface area contributed by atoms with Crippen molar-refractivity contribution < 1.29 is 4.79 Å². The van der Waals surface area contributed by atoms with E-state index in [9.17, 15) is 4.79 Å². The van der Waals surface area contributed by atoms with Gasteiger partial charge in [-0.3, -0.25) is 4.79 Å². The molecule has 1 saturated heterocycles. The van der Waals surface area contributed by atoms with Crippen molar-refractivity contribution in [2.75, 3.05) is 42.3 Å². The van der Waals surface area contributed by atoms with E-state index in [4.69, 9.17) is 0 Å². The molecule has 3 rings (SSSR count). The average molecular weight is 375 g/mol. The highest BCUT2D eigenvalue weighted by Gasteiger charge is 2.38. The number of carbonyl (C=O) groups is 1. The van der Waals surface area contributed by atoms with Gasteiger partial charge in [0.05, 0.1) is 11.1 Å². The van der Waals surface area contributed by atoms with Crippen molar-refractivity contribution in [1.82, 2.24) is 15.0 Å². The molecule has 0 aliphatic carbocycles. The van der Waals surface area contributed by atoms with E-state index in [-0.39, 0.29) is 5.91 Å². The van der Waals surface area contributed by atoms with E-state index in [0.717, 1.165) is 41.6 Å². The molecule has 0 spiro atoms. The minimum absolute atomic E-state index is 0.0258. The molecule has 1 N–H and O–H groups in total. The Bertz CT molecular complexity index is 785. The zero-order valence-electron chi connectivity index (χ0n) is 16.0. The molecule has 1 amide bonds. The van der Waals surface area contributed by atoms with E-state index >= 15 is 0 Å². The molecular weight excluding hydrogens is 348 g/mol. The predicted octanol–water partition coefficient (Wildman–Crippen LogP) is 2.86. The van der Waals surface area contributed by atoms with Crippen molar-refractivity contribution in [2.45, 2.75) is 33.6 Å². The van der Waals surface area contributed by atoms with E-state index in [2.05, 4.69) is 25.2 Å². The number of aryl methyl sites for hydroxylation is 2. The predicted molar refractivity (Wildman–Crippen MR) is 106 cm³/mol. The first-order valence-corrected chi connectivity index (χ1v) is 9.60. The van der Waals surface area contributed by atoms with Crippen LogP contribution in [0.15, 0.2) is 12.4 Å². The molecule has 3 heterocycles. The van der Waals surface area contributed by atoms with Crippen LogP contribution in [-0.2, 0) is 4.79 Å². The minimum atomic E-state index is -0.477. The first-order valence-electron chi connectivity index (χ1n) is 8.78. The van der Waals surface area contributed by atoms with Gasteiger partial charge in [-0.1, -0.05) is 0 Å². The summed E-state index contributed by atoms with van der Waals surface area (Å²) in [5.74, 6) is 1.75. The summed E-state index contributed by atoms with van der Waals surface area (Å²) in [7, 11) is 3.91. The molecule has 0 aromatic carbocycles. The lowest BCUT2D eigenvalue weighted by molar-refractivity contribution is -0.125. The van der Waals surface area contributed by atoms with E-state index < -0.39 is 5.41 Å². The molecule has 0 saturated carbocycles. The summed E-state index contributed by atoms with van der Waals surface area (Å²) in [6.07, 6.45) is 3.38. The van der Waals surface area contributed by atoms with Crippen LogP contribution >= 0.6 is 11.3 Å². The SMILES string of the molecule is Cc1nc(NC(=O)[C@]2(C)CCCN(c3cc(N(C)C)ncn3)C2)sc1C. The second-order valence-electron chi connectivity index (χ2n) is 7.33. The Balaban J connectivity index is 1.75. The average Bonchev–Trinajstić information content (AvgIpc) is 2.92. The molecule has 1 aliphatic heterocycles. The van der Waals surface area contributed by atoms with E-state index in [1.54, 1.807) is 6.33 Å². The first kappa shape index (κ1) is 18.6. The van der Waals surface area contributed by atoms with Gasteiger partial charge in [0.15, 0.2) is 5.13 Å². The van der Waals surface area contributed by atoms with Crippen LogP contribution in [-0.4, -0.2) is 48.0 Å². The second-order valence-corrected chi connectivity index (χ2v) is 8.53. The maximum absolute atomic E-state index is 12.9.